The van der Waals surface area contributed by atoms with Gasteiger partial charge in [-0.05, 0) is 0 Å². The molecule has 22 heavy (non-hydrogen) atoms. The molecule has 2 aromatic carbocycles. The molecule has 0 N–H and O–H groups in total. The molecule has 0 atom stereocenters. The summed E-state index contributed by atoms with van der Waals surface area (Å²) in [5, 5.41) is 0. The first-order valence-electron chi connectivity index (χ1n) is 7.66. The Morgan fingerprint density at radius 1 is 0.591 bits per heavy atom. The monoisotopic (exact) mass is 530 g/mol. The summed E-state index contributed by atoms with van der Waals surface area (Å²) in [5.74, 6) is 0. The molecule has 0 bridgehead atoms. The Morgan fingerprint density at radius 3 is 0.864 bits per heavy atom. The van der Waals surface area contributed by atoms with Crippen LogP contribution in [0.5, 0.6) is 0 Å². The van der Waals surface area contributed by atoms with Crippen molar-refractivity contribution < 1.29 is 25.8 Å². The summed E-state index contributed by atoms with van der Waals surface area (Å²) in [4.78, 5) is 0. The van der Waals surface area contributed by atoms with Crippen LogP contribution < -0.4 is 0 Å². The minimum Gasteiger partial charge on any atom is -0.358 e. The van der Waals surface area contributed by atoms with Crippen LogP contribution in [0, 0.1) is 7.43 Å². The maximum absolute atomic E-state index is 2.58. The third-order valence-corrected chi connectivity index (χ3v) is 55.1. The van der Waals surface area contributed by atoms with Gasteiger partial charge in [-0.25, -0.2) is 24.3 Å². The molecule has 0 saturated heterocycles. The van der Waals surface area contributed by atoms with Gasteiger partial charge in [0.1, 0.15) is 0 Å². The smallest absolute Gasteiger partial charge is 0.0169 e. The van der Waals surface area contributed by atoms with Gasteiger partial charge in [-0.3, -0.25) is 0 Å². The van der Waals surface area contributed by atoms with Crippen LogP contribution in [0.25, 0.3) is 0 Å². The Morgan fingerprint density at radius 2 is 0.818 bits per heavy atom. The number of rotatable bonds is 3. The van der Waals surface area contributed by atoms with Crippen LogP contribution in [-0.4, -0.2) is 32.3 Å². The molecule has 125 valence electrons. The van der Waals surface area contributed by atoms with Crippen molar-refractivity contribution in [3.8, 4) is 0 Å². The molecule has 0 aliphatic rings. The molecule has 0 saturated carbocycles. The Balaban J connectivity index is -0.000000254. The fourth-order valence-electron chi connectivity index (χ4n) is 2.64. The van der Waals surface area contributed by atoms with E-state index in [1.54, 1.807) is 0 Å². The Kier molecular flexibility index (Phi) is 22.1. The van der Waals surface area contributed by atoms with Crippen molar-refractivity contribution in [1.29, 1.82) is 0 Å². The normalized spacial score (nSPS) is 9.36. The average molecular weight is 529 g/mol. The van der Waals surface area contributed by atoms with E-state index in [4.69, 9.17) is 0 Å². The maximum atomic E-state index is 2.58. The molecule has 5 heteroatoms. The van der Waals surface area contributed by atoms with Crippen molar-refractivity contribution in [2.45, 2.75) is 39.3 Å². The summed E-state index contributed by atoms with van der Waals surface area (Å²) in [6, 6.07) is 20.0. The van der Waals surface area contributed by atoms with Gasteiger partial charge in [-0.2, -0.15) is 36.4 Å². The Bertz CT molecular complexity index is 290. The van der Waals surface area contributed by atoms with E-state index in [0.29, 0.717) is 7.35 Å². The van der Waals surface area contributed by atoms with Gasteiger partial charge in [-0.1, -0.05) is 39.3 Å². The predicted molar refractivity (Wildman–Crippen MR) is 113 cm³/mol. The van der Waals surface area contributed by atoms with E-state index >= 15 is 0 Å². The molecule has 0 spiro atoms. The summed E-state index contributed by atoms with van der Waals surface area (Å²) in [5.41, 5.74) is 0. The van der Waals surface area contributed by atoms with Crippen LogP contribution in [0.4, 0.5) is 0 Å². The van der Waals surface area contributed by atoms with E-state index in [-0.39, 0.29) is 58.2 Å². The summed E-state index contributed by atoms with van der Waals surface area (Å²) >= 11 is 0. The van der Waals surface area contributed by atoms with Crippen LogP contribution in [0.1, 0.15) is 0 Å². The first kappa shape index (κ1) is 27.3. The largest absolute Gasteiger partial charge is 0.358 e. The number of hydrogen-bond donors (Lipinski definition) is 0. The van der Waals surface area contributed by atoms with E-state index in [1.165, 1.54) is 0 Å². The molecule has 0 aromatic heterocycles. The van der Waals surface area contributed by atoms with Crippen LogP contribution in [-0.2, 0) is 25.8 Å². The fraction of sp³-hybridized carbons (Fsp3) is 0.353. The summed E-state index contributed by atoms with van der Waals surface area (Å²) in [6.07, 6.45) is 0. The molecule has 0 aliphatic carbocycles. The molecule has 0 nitrogen and oxygen atoms in total. The van der Waals surface area contributed by atoms with Gasteiger partial charge in [0.2, 0.25) is 0 Å². The minimum atomic E-state index is -0.176. The average Bonchev–Trinajstić information content (AvgIpc) is 3.07. The van der Waals surface area contributed by atoms with Crippen LogP contribution in [0.2, 0.25) is 39.3 Å². The molecule has 2 rings (SSSR count). The first-order valence-corrected chi connectivity index (χ1v) is 21.5. The van der Waals surface area contributed by atoms with Crippen molar-refractivity contribution in [3.63, 3.8) is 0 Å². The maximum Gasteiger partial charge on any atom is 0.0169 e. The van der Waals surface area contributed by atoms with E-state index in [0.717, 1.165) is 0 Å². The third kappa shape index (κ3) is 15.3. The van der Waals surface area contributed by atoms with Gasteiger partial charge < -0.3 is 7.43 Å². The van der Waals surface area contributed by atoms with Gasteiger partial charge >= 0.3 is 0 Å². The van der Waals surface area contributed by atoms with Gasteiger partial charge in [-0.15, -0.1) is 0 Å². The first-order chi connectivity index (χ1) is 9.46. The zero-order valence-corrected chi connectivity index (χ0v) is 23.6. The fourth-order valence-corrected chi connectivity index (χ4v) is 54.6. The second kappa shape index (κ2) is 17.8. The Labute approximate surface area is 164 Å². The van der Waals surface area contributed by atoms with Crippen molar-refractivity contribution >= 4 is 32.3 Å². The van der Waals surface area contributed by atoms with Crippen LogP contribution in [0.15, 0.2) is 60.7 Å². The predicted octanol–water partition coefficient (Wildman–Crippen LogP) is 4.44. The van der Waals surface area contributed by atoms with Gasteiger partial charge in [0.05, 0.1) is 0 Å². The van der Waals surface area contributed by atoms with Gasteiger partial charge in [0.25, 0.3) is 0 Å². The van der Waals surface area contributed by atoms with Crippen LogP contribution in [0.3, 0.4) is 0 Å². The second-order valence-electron chi connectivity index (χ2n) is 5.89. The number of hydrogen-bond acceptors (Lipinski definition) is 0. The standard InChI is InChI=1S/C6H21Si4.2C5H5.CH3.Hf/c1-7(2)10(8(3)4)9(5)6;2*1-2-4-5-3-1;;/h7-9H,1-6H3;2*1-5H;1H3;/q;3*-1;. The molecule has 0 fully saturated rings. The molecular formula is C17H34HfSi4-3. The van der Waals surface area contributed by atoms with Crippen molar-refractivity contribution in [1.82, 2.24) is 0 Å². The minimum absolute atomic E-state index is 0. The second-order valence-corrected chi connectivity index (χ2v) is 36.2. The molecule has 0 aliphatic heterocycles. The Hall–Kier alpha value is 0.438. The van der Waals surface area contributed by atoms with Gasteiger partial charge in [0, 0.05) is 58.1 Å². The zero-order valence-electron chi connectivity index (χ0n) is 15.5. The summed E-state index contributed by atoms with van der Waals surface area (Å²) in [6.45, 7) is 15.5. The molecule has 0 amide bonds. The van der Waals surface area contributed by atoms with E-state index in [1.807, 2.05) is 60.7 Å². The van der Waals surface area contributed by atoms with Crippen molar-refractivity contribution in [2.75, 3.05) is 0 Å². The molecular weight excluding hydrogens is 495 g/mol. The molecule has 1 radical (unpaired) electrons. The topological polar surface area (TPSA) is 0 Å². The van der Waals surface area contributed by atoms with Crippen molar-refractivity contribution in [3.05, 3.63) is 68.1 Å². The summed E-state index contributed by atoms with van der Waals surface area (Å²) in [7, 11) is -0.207. The zero-order chi connectivity index (χ0) is 15.4. The van der Waals surface area contributed by atoms with Crippen molar-refractivity contribution in [2.24, 2.45) is 0 Å². The van der Waals surface area contributed by atoms with Gasteiger partial charge in [0.15, 0.2) is 0 Å². The molecule has 0 unspecified atom stereocenters. The SMILES string of the molecule is C[SiH](C)[Si]([SiH](C)C)[SiH](C)C.[CH3-].[Hf].c1cc[cH-]c1.c1cc[cH-]c1. The summed E-state index contributed by atoms with van der Waals surface area (Å²) < 4.78 is 0. The molecule has 0 heterocycles. The third-order valence-electron chi connectivity index (χ3n) is 3.11. The van der Waals surface area contributed by atoms with E-state index in [2.05, 4.69) is 39.3 Å². The van der Waals surface area contributed by atoms with Crippen LogP contribution >= 0.6 is 0 Å². The van der Waals surface area contributed by atoms with E-state index < -0.39 is 0 Å². The quantitative estimate of drug-likeness (QED) is 0.408. The van der Waals surface area contributed by atoms with E-state index in [9.17, 15) is 0 Å². The molecule has 2 aromatic rings.